The van der Waals surface area contributed by atoms with Crippen molar-refractivity contribution in [2.75, 3.05) is 0 Å². The number of alkyl halides is 3. The summed E-state index contributed by atoms with van der Waals surface area (Å²) in [6, 6.07) is 6.46. The molecule has 0 fully saturated rings. The molecule has 0 aliphatic heterocycles. The normalized spacial score (nSPS) is 11.6. The van der Waals surface area contributed by atoms with Crippen LogP contribution in [0.4, 0.5) is 13.2 Å². The maximum absolute atomic E-state index is 12.5. The first kappa shape index (κ1) is 13.3. The molecule has 0 N–H and O–H groups in total. The Morgan fingerprint density at radius 3 is 2.58 bits per heavy atom. The SMILES string of the molecule is CCC(=O)c1ccccc1-n1cc(C(F)(F)F)cn1. The van der Waals surface area contributed by atoms with Crippen molar-refractivity contribution in [2.45, 2.75) is 19.5 Å². The maximum atomic E-state index is 12.5. The summed E-state index contributed by atoms with van der Waals surface area (Å²) in [6.07, 6.45) is -2.54. The number of hydrogen-bond donors (Lipinski definition) is 0. The number of para-hydroxylation sites is 1. The molecule has 0 spiro atoms. The molecular weight excluding hydrogens is 257 g/mol. The van der Waals surface area contributed by atoms with Crippen LogP contribution >= 0.6 is 0 Å². The van der Waals surface area contributed by atoms with E-state index < -0.39 is 11.7 Å². The zero-order valence-electron chi connectivity index (χ0n) is 10.1. The van der Waals surface area contributed by atoms with E-state index in [2.05, 4.69) is 5.10 Å². The van der Waals surface area contributed by atoms with Gasteiger partial charge in [0.05, 0.1) is 17.4 Å². The molecule has 2 rings (SSSR count). The molecule has 3 nitrogen and oxygen atoms in total. The third-order valence-corrected chi connectivity index (χ3v) is 2.68. The van der Waals surface area contributed by atoms with Gasteiger partial charge in [0.15, 0.2) is 5.78 Å². The molecule has 19 heavy (non-hydrogen) atoms. The van der Waals surface area contributed by atoms with Gasteiger partial charge in [-0.05, 0) is 12.1 Å². The fourth-order valence-corrected chi connectivity index (χ4v) is 1.70. The lowest BCUT2D eigenvalue weighted by atomic mass is 10.1. The van der Waals surface area contributed by atoms with Gasteiger partial charge >= 0.3 is 6.18 Å². The molecule has 1 aromatic carbocycles. The van der Waals surface area contributed by atoms with Crippen molar-refractivity contribution in [3.8, 4) is 5.69 Å². The summed E-state index contributed by atoms with van der Waals surface area (Å²) >= 11 is 0. The second-order valence-electron chi connectivity index (χ2n) is 3.97. The lowest BCUT2D eigenvalue weighted by molar-refractivity contribution is -0.137. The molecule has 0 aliphatic rings. The van der Waals surface area contributed by atoms with E-state index in [0.717, 1.165) is 17.1 Å². The summed E-state index contributed by atoms with van der Waals surface area (Å²) in [7, 11) is 0. The standard InChI is InChI=1S/C13H11F3N2O/c1-2-12(19)10-5-3-4-6-11(10)18-8-9(7-17-18)13(14,15)16/h3-8H,2H2,1H3. The predicted octanol–water partition coefficient (Wildman–Crippen LogP) is 3.48. The van der Waals surface area contributed by atoms with E-state index >= 15 is 0 Å². The Bertz CT molecular complexity index is 602. The van der Waals surface area contributed by atoms with Crippen molar-refractivity contribution in [3.63, 3.8) is 0 Å². The minimum atomic E-state index is -4.44. The highest BCUT2D eigenvalue weighted by Crippen LogP contribution is 2.29. The zero-order valence-corrected chi connectivity index (χ0v) is 10.1. The van der Waals surface area contributed by atoms with Gasteiger partial charge in [-0.3, -0.25) is 4.79 Å². The lowest BCUT2D eigenvalue weighted by Gasteiger charge is -2.07. The predicted molar refractivity (Wildman–Crippen MR) is 63.2 cm³/mol. The third-order valence-electron chi connectivity index (χ3n) is 2.68. The van der Waals surface area contributed by atoms with Gasteiger partial charge in [0.1, 0.15) is 0 Å². The Morgan fingerprint density at radius 2 is 2.00 bits per heavy atom. The van der Waals surface area contributed by atoms with Gasteiger partial charge < -0.3 is 0 Å². The molecule has 100 valence electrons. The summed E-state index contributed by atoms with van der Waals surface area (Å²) in [6.45, 7) is 1.70. The average Bonchev–Trinajstić information content (AvgIpc) is 2.87. The fourth-order valence-electron chi connectivity index (χ4n) is 1.70. The van der Waals surface area contributed by atoms with Crippen LogP contribution in [0.2, 0.25) is 0 Å². The number of halogens is 3. The lowest BCUT2D eigenvalue weighted by Crippen LogP contribution is -2.06. The molecule has 2 aromatic rings. The van der Waals surface area contributed by atoms with E-state index in [0.29, 0.717) is 11.3 Å². The highest BCUT2D eigenvalue weighted by atomic mass is 19.4. The van der Waals surface area contributed by atoms with Crippen LogP contribution in [0.3, 0.4) is 0 Å². The quantitative estimate of drug-likeness (QED) is 0.799. The number of rotatable bonds is 3. The van der Waals surface area contributed by atoms with Gasteiger partial charge in [0.2, 0.25) is 0 Å². The summed E-state index contributed by atoms with van der Waals surface area (Å²) in [4.78, 5) is 11.7. The van der Waals surface area contributed by atoms with Crippen molar-refractivity contribution < 1.29 is 18.0 Å². The smallest absolute Gasteiger partial charge is 0.294 e. The molecule has 0 saturated carbocycles. The molecule has 1 heterocycles. The molecule has 0 radical (unpaired) electrons. The van der Waals surface area contributed by atoms with Crippen molar-refractivity contribution >= 4 is 5.78 Å². The highest BCUT2D eigenvalue weighted by Gasteiger charge is 2.32. The average molecular weight is 268 g/mol. The number of Topliss-reactive ketones (excluding diaryl/α,β-unsaturated/α-hetero) is 1. The van der Waals surface area contributed by atoms with Crippen molar-refractivity contribution in [3.05, 3.63) is 47.8 Å². The topological polar surface area (TPSA) is 34.9 Å². The molecule has 1 aromatic heterocycles. The molecule has 0 saturated heterocycles. The Kier molecular flexibility index (Phi) is 3.42. The maximum Gasteiger partial charge on any atom is 0.419 e. The van der Waals surface area contributed by atoms with E-state index in [4.69, 9.17) is 0 Å². The van der Waals surface area contributed by atoms with Crippen LogP contribution in [-0.4, -0.2) is 15.6 Å². The van der Waals surface area contributed by atoms with E-state index in [9.17, 15) is 18.0 Å². The van der Waals surface area contributed by atoms with Gasteiger partial charge in [0.25, 0.3) is 0 Å². The first-order chi connectivity index (χ1) is 8.93. The number of benzene rings is 1. The first-order valence-electron chi connectivity index (χ1n) is 5.68. The second kappa shape index (κ2) is 4.87. The summed E-state index contributed by atoms with van der Waals surface area (Å²) < 4.78 is 38.6. The second-order valence-corrected chi connectivity index (χ2v) is 3.97. The zero-order chi connectivity index (χ0) is 14.0. The van der Waals surface area contributed by atoms with Crippen LogP contribution in [0, 0.1) is 0 Å². The van der Waals surface area contributed by atoms with E-state index in [1.165, 1.54) is 0 Å². The number of carbonyl (C=O) groups excluding carboxylic acids is 1. The minimum Gasteiger partial charge on any atom is -0.294 e. The van der Waals surface area contributed by atoms with E-state index in [-0.39, 0.29) is 12.2 Å². The summed E-state index contributed by atoms with van der Waals surface area (Å²) in [5.74, 6) is -0.139. The van der Waals surface area contributed by atoms with Crippen LogP contribution in [0.1, 0.15) is 29.3 Å². The van der Waals surface area contributed by atoms with Crippen LogP contribution in [0.15, 0.2) is 36.7 Å². The van der Waals surface area contributed by atoms with Crippen LogP contribution in [-0.2, 0) is 6.18 Å². The van der Waals surface area contributed by atoms with Gasteiger partial charge in [-0.1, -0.05) is 19.1 Å². The van der Waals surface area contributed by atoms with E-state index in [1.807, 2.05) is 0 Å². The number of ketones is 1. The Labute approximate surface area is 107 Å². The molecule has 0 amide bonds. The number of carbonyl (C=O) groups is 1. The molecule has 0 atom stereocenters. The minimum absolute atomic E-state index is 0.139. The van der Waals surface area contributed by atoms with Crippen molar-refractivity contribution in [2.24, 2.45) is 0 Å². The Morgan fingerprint density at radius 1 is 1.32 bits per heavy atom. The third kappa shape index (κ3) is 2.67. The Balaban J connectivity index is 2.48. The van der Waals surface area contributed by atoms with Gasteiger partial charge in [-0.15, -0.1) is 0 Å². The summed E-state index contributed by atoms with van der Waals surface area (Å²) in [5.41, 5.74) is -0.127. The van der Waals surface area contributed by atoms with Crippen LogP contribution in [0.25, 0.3) is 5.69 Å². The molecular formula is C13H11F3N2O. The number of nitrogens with zero attached hydrogens (tertiary/aromatic N) is 2. The van der Waals surface area contributed by atoms with Gasteiger partial charge in [0, 0.05) is 18.2 Å². The summed E-state index contributed by atoms with van der Waals surface area (Å²) in [5, 5.41) is 3.67. The monoisotopic (exact) mass is 268 g/mol. The number of aromatic nitrogens is 2. The van der Waals surface area contributed by atoms with Gasteiger partial charge in [-0.2, -0.15) is 18.3 Å². The molecule has 6 heteroatoms. The van der Waals surface area contributed by atoms with Crippen molar-refractivity contribution in [1.82, 2.24) is 9.78 Å². The van der Waals surface area contributed by atoms with Gasteiger partial charge in [-0.25, -0.2) is 4.68 Å². The molecule has 0 unspecified atom stereocenters. The largest absolute Gasteiger partial charge is 0.419 e. The highest BCUT2D eigenvalue weighted by molar-refractivity contribution is 5.99. The van der Waals surface area contributed by atoms with Crippen molar-refractivity contribution in [1.29, 1.82) is 0 Å². The molecule has 0 bridgehead atoms. The van der Waals surface area contributed by atoms with E-state index in [1.54, 1.807) is 31.2 Å². The van der Waals surface area contributed by atoms with Crippen LogP contribution < -0.4 is 0 Å². The number of hydrogen-bond acceptors (Lipinski definition) is 2. The first-order valence-corrected chi connectivity index (χ1v) is 5.68. The fraction of sp³-hybridized carbons (Fsp3) is 0.231. The van der Waals surface area contributed by atoms with Crippen LogP contribution in [0.5, 0.6) is 0 Å². The Hall–Kier alpha value is -2.11. The molecule has 0 aliphatic carbocycles.